The van der Waals surface area contributed by atoms with Gasteiger partial charge in [0.25, 0.3) is 0 Å². The minimum absolute atomic E-state index is 0.102. The first-order valence-electron chi connectivity index (χ1n) is 34.0. The average Bonchev–Trinajstić information content (AvgIpc) is 3.48. The Bertz CT molecular complexity index is 1650. The highest BCUT2D eigenvalue weighted by Crippen LogP contribution is 2.45. The van der Waals surface area contributed by atoms with Gasteiger partial charge in [-0.3, -0.25) is 37.3 Å². The molecule has 0 aliphatic heterocycles. The van der Waals surface area contributed by atoms with Crippen LogP contribution in [0.4, 0.5) is 0 Å². The van der Waals surface area contributed by atoms with Gasteiger partial charge in [-0.2, -0.15) is 0 Å². The summed E-state index contributed by atoms with van der Waals surface area (Å²) in [5.74, 6) is -0.723. The van der Waals surface area contributed by atoms with Gasteiger partial charge < -0.3 is 33.8 Å². The maximum atomic E-state index is 13.0. The fraction of sp³-hybridized carbons (Fsp3) is 0.938. The number of esters is 4. The van der Waals surface area contributed by atoms with Crippen LogP contribution in [0.1, 0.15) is 324 Å². The van der Waals surface area contributed by atoms with Gasteiger partial charge >= 0.3 is 39.5 Å². The Kier molecular flexibility index (Phi) is 56.2. The fourth-order valence-electron chi connectivity index (χ4n) is 9.71. The summed E-state index contributed by atoms with van der Waals surface area (Å²) in [7, 11) is -9.88. The van der Waals surface area contributed by atoms with Crippen molar-refractivity contribution >= 4 is 39.5 Å². The number of hydrogen-bond donors (Lipinski definition) is 3. The van der Waals surface area contributed by atoms with Gasteiger partial charge in [0.2, 0.25) is 0 Å². The molecule has 0 heterocycles. The van der Waals surface area contributed by atoms with Crippen molar-refractivity contribution in [1.29, 1.82) is 0 Å². The van der Waals surface area contributed by atoms with Crippen LogP contribution in [0.15, 0.2) is 0 Å². The van der Waals surface area contributed by atoms with Gasteiger partial charge in [-0.15, -0.1) is 0 Å². The zero-order valence-corrected chi connectivity index (χ0v) is 56.0. The van der Waals surface area contributed by atoms with Gasteiger partial charge in [-0.25, -0.2) is 9.13 Å². The van der Waals surface area contributed by atoms with E-state index in [1.165, 1.54) is 135 Å². The minimum Gasteiger partial charge on any atom is -0.462 e. The summed E-state index contributed by atoms with van der Waals surface area (Å²) >= 11 is 0. The number of phosphoric ester groups is 2. The summed E-state index contributed by atoms with van der Waals surface area (Å²) in [6.07, 6.45) is 40.9. The second kappa shape index (κ2) is 57.5. The van der Waals surface area contributed by atoms with Crippen LogP contribution in [-0.2, 0) is 65.4 Å². The maximum Gasteiger partial charge on any atom is 0.472 e. The molecule has 0 saturated carbocycles. The normalized spacial score (nSPS) is 14.3. The van der Waals surface area contributed by atoms with Crippen LogP contribution in [0.3, 0.4) is 0 Å². The Balaban J connectivity index is 5.14. The van der Waals surface area contributed by atoms with Crippen molar-refractivity contribution in [3.05, 3.63) is 0 Å². The Labute approximate surface area is 511 Å². The summed E-state index contributed by atoms with van der Waals surface area (Å²) in [4.78, 5) is 72.0. The van der Waals surface area contributed by atoms with Crippen LogP contribution in [0, 0.1) is 11.8 Å². The molecule has 0 fully saturated rings. The molecule has 84 heavy (non-hydrogen) atoms. The van der Waals surface area contributed by atoms with Crippen molar-refractivity contribution < 1.29 is 80.2 Å². The van der Waals surface area contributed by atoms with Crippen molar-refractivity contribution in [2.45, 2.75) is 342 Å². The van der Waals surface area contributed by atoms with Crippen molar-refractivity contribution in [1.82, 2.24) is 0 Å². The Morgan fingerprint density at radius 3 is 0.810 bits per heavy atom. The van der Waals surface area contributed by atoms with Crippen LogP contribution < -0.4 is 0 Å². The fourth-order valence-corrected chi connectivity index (χ4v) is 11.3. The zero-order valence-electron chi connectivity index (χ0n) is 54.2. The predicted octanol–water partition coefficient (Wildman–Crippen LogP) is 18.0. The van der Waals surface area contributed by atoms with Gasteiger partial charge in [0.05, 0.1) is 26.4 Å². The smallest absolute Gasteiger partial charge is 0.462 e. The maximum absolute atomic E-state index is 13.0. The van der Waals surface area contributed by atoms with Crippen molar-refractivity contribution in [3.63, 3.8) is 0 Å². The first-order valence-corrected chi connectivity index (χ1v) is 37.0. The van der Waals surface area contributed by atoms with E-state index < -0.39 is 97.5 Å². The molecule has 0 radical (unpaired) electrons. The molecule has 0 spiro atoms. The van der Waals surface area contributed by atoms with Gasteiger partial charge in [-0.05, 0) is 37.5 Å². The monoisotopic (exact) mass is 1240 g/mol. The van der Waals surface area contributed by atoms with Crippen molar-refractivity contribution in [3.8, 4) is 0 Å². The Morgan fingerprint density at radius 1 is 0.321 bits per heavy atom. The van der Waals surface area contributed by atoms with E-state index in [-0.39, 0.29) is 25.7 Å². The SMILES string of the molecule is CCCCCCCCCCCCCCCCCCCCC(=O)O[C@H](COC(=O)CCCCCCCCCCC(C)C)COP(=O)(O)OC[C@@H](O)COP(=O)(O)OC[C@@H](COC(=O)CCCCCCC)OC(=O)CCCCCCCCCC(C)C. The molecular weight excluding hydrogens is 1110 g/mol. The second-order valence-electron chi connectivity index (χ2n) is 24.5. The summed E-state index contributed by atoms with van der Waals surface area (Å²) in [6.45, 7) is 9.32. The molecule has 0 aliphatic carbocycles. The molecule has 0 aromatic carbocycles. The quantitative estimate of drug-likeness (QED) is 0.0222. The van der Waals surface area contributed by atoms with E-state index >= 15 is 0 Å². The summed E-state index contributed by atoms with van der Waals surface area (Å²) in [6, 6.07) is 0. The highest BCUT2D eigenvalue weighted by molar-refractivity contribution is 7.47. The number of hydrogen-bond acceptors (Lipinski definition) is 15. The first kappa shape index (κ1) is 82.1. The average molecular weight is 1240 g/mol. The van der Waals surface area contributed by atoms with E-state index in [2.05, 4.69) is 41.5 Å². The summed E-state index contributed by atoms with van der Waals surface area (Å²) in [5.41, 5.74) is 0. The van der Waals surface area contributed by atoms with Gasteiger partial charge in [0.1, 0.15) is 19.3 Å². The van der Waals surface area contributed by atoms with E-state index in [1.807, 2.05) is 0 Å². The van der Waals surface area contributed by atoms with Gasteiger partial charge in [0.15, 0.2) is 12.2 Å². The Hall–Kier alpha value is -1.94. The number of ether oxygens (including phenoxy) is 4. The van der Waals surface area contributed by atoms with E-state index in [0.717, 1.165) is 102 Å². The highest BCUT2D eigenvalue weighted by Gasteiger charge is 2.30. The topological polar surface area (TPSA) is 237 Å². The van der Waals surface area contributed by atoms with Crippen molar-refractivity contribution in [2.75, 3.05) is 39.6 Å². The lowest BCUT2D eigenvalue weighted by Crippen LogP contribution is -2.30. The summed E-state index contributed by atoms with van der Waals surface area (Å²) < 4.78 is 67.8. The van der Waals surface area contributed by atoms with Crippen molar-refractivity contribution in [2.24, 2.45) is 11.8 Å². The molecule has 19 heteroatoms. The number of carbonyl (C=O) groups excluding carboxylic acids is 4. The molecule has 3 N–H and O–H groups in total. The van der Waals surface area contributed by atoms with Crippen LogP contribution in [0.25, 0.3) is 0 Å². The highest BCUT2D eigenvalue weighted by atomic mass is 31.2. The van der Waals surface area contributed by atoms with Crippen LogP contribution in [0.2, 0.25) is 0 Å². The van der Waals surface area contributed by atoms with Crippen LogP contribution in [0.5, 0.6) is 0 Å². The molecule has 0 rings (SSSR count). The molecule has 0 amide bonds. The lowest BCUT2D eigenvalue weighted by molar-refractivity contribution is -0.161. The number of aliphatic hydroxyl groups excluding tert-OH is 1. The van der Waals surface area contributed by atoms with Gasteiger partial charge in [-0.1, -0.05) is 273 Å². The lowest BCUT2D eigenvalue weighted by atomic mass is 10.0. The predicted molar refractivity (Wildman–Crippen MR) is 335 cm³/mol. The zero-order chi connectivity index (χ0) is 62.2. The molecule has 0 bridgehead atoms. The van der Waals surface area contributed by atoms with Crippen LogP contribution in [-0.4, -0.2) is 96.7 Å². The molecule has 0 aromatic heterocycles. The first-order chi connectivity index (χ1) is 40.4. The standard InChI is InChI=1S/C65H126O17P2/c1-7-9-11-13-14-15-16-17-18-19-20-21-22-23-24-31-37-43-49-64(69)82-61(54-76-63(68)48-42-36-30-26-25-28-34-39-45-57(3)4)56-80-84(73,74)78-52-59(66)51-77-83(71,72)79-55-60(53-75-62(67)47-41-33-12-10-8-2)81-65(70)50-44-38-32-27-29-35-40-46-58(5)6/h57-61,66H,7-56H2,1-6H3,(H,71,72)(H,73,74)/t59-,60+,61+/m0/s1. The molecular formula is C65H126O17P2. The third-order valence-electron chi connectivity index (χ3n) is 15.0. The van der Waals surface area contributed by atoms with E-state index in [9.17, 15) is 43.2 Å². The molecule has 2 unspecified atom stereocenters. The number of unbranched alkanes of at least 4 members (excludes halogenated alkanes) is 34. The van der Waals surface area contributed by atoms with Crippen LogP contribution >= 0.6 is 15.6 Å². The number of aliphatic hydroxyl groups is 1. The lowest BCUT2D eigenvalue weighted by Gasteiger charge is -2.21. The van der Waals surface area contributed by atoms with E-state index in [4.69, 9.17) is 37.0 Å². The Morgan fingerprint density at radius 2 is 0.548 bits per heavy atom. The third kappa shape index (κ3) is 59.0. The molecule has 0 aliphatic rings. The molecule has 0 aromatic rings. The second-order valence-corrected chi connectivity index (χ2v) is 27.4. The molecule has 0 saturated heterocycles. The van der Waals surface area contributed by atoms with Gasteiger partial charge in [0, 0.05) is 25.7 Å². The molecule has 5 atom stereocenters. The molecule has 498 valence electrons. The number of rotatable bonds is 64. The minimum atomic E-state index is -4.94. The third-order valence-corrected chi connectivity index (χ3v) is 16.9. The number of phosphoric acid groups is 2. The number of carbonyl (C=O) groups is 4. The summed E-state index contributed by atoms with van der Waals surface area (Å²) in [5, 5.41) is 10.5. The largest absolute Gasteiger partial charge is 0.472 e. The molecule has 17 nitrogen and oxygen atoms in total. The van der Waals surface area contributed by atoms with E-state index in [0.29, 0.717) is 31.6 Å². The van der Waals surface area contributed by atoms with E-state index in [1.54, 1.807) is 0 Å².